The van der Waals surface area contributed by atoms with Crippen LogP contribution in [0.3, 0.4) is 0 Å². The first-order valence-corrected chi connectivity index (χ1v) is 23.7. The van der Waals surface area contributed by atoms with Gasteiger partial charge in [0.05, 0.1) is 0 Å². The molecule has 262 valence electrons. The van der Waals surface area contributed by atoms with Gasteiger partial charge in [0.15, 0.2) is 0 Å². The predicted octanol–water partition coefficient (Wildman–Crippen LogP) is 13.3. The van der Waals surface area contributed by atoms with E-state index in [2.05, 4.69) is 129 Å². The van der Waals surface area contributed by atoms with Crippen molar-refractivity contribution in [3.63, 3.8) is 0 Å². The van der Waals surface area contributed by atoms with Crippen LogP contribution in [-0.4, -0.2) is 8.07 Å². The van der Waals surface area contributed by atoms with Gasteiger partial charge >= 0.3 is 150 Å². The summed E-state index contributed by atoms with van der Waals surface area (Å²) in [6.07, 6.45) is 8.31. The maximum atomic E-state index is 11.9. The summed E-state index contributed by atoms with van der Waals surface area (Å²) >= 11 is 10.00. The second-order valence-corrected chi connectivity index (χ2v) is 25.2. The van der Waals surface area contributed by atoms with Crippen molar-refractivity contribution in [2.24, 2.45) is 5.92 Å². The Morgan fingerprint density at radius 1 is 0.840 bits per heavy atom. The van der Waals surface area contributed by atoms with Gasteiger partial charge in [-0.1, -0.05) is 113 Å². The van der Waals surface area contributed by atoms with Crippen LogP contribution in [0.1, 0.15) is 114 Å². The molecule has 4 aliphatic rings. The zero-order valence-electron chi connectivity index (χ0n) is 32.5. The quantitative estimate of drug-likeness (QED) is 0.241. The molecule has 0 radical (unpaired) electrons. The monoisotopic (exact) mass is 796 g/mol. The fourth-order valence-corrected chi connectivity index (χ4v) is 15.6. The van der Waals surface area contributed by atoms with Gasteiger partial charge in [0.2, 0.25) is 0 Å². The molecule has 0 amide bonds. The molecule has 0 spiro atoms. The number of halogens is 1. The molecule has 0 bridgehead atoms. The molecule has 3 aromatic rings. The van der Waals surface area contributed by atoms with Crippen LogP contribution in [0.2, 0.25) is 18.1 Å². The van der Waals surface area contributed by atoms with Crippen molar-refractivity contribution in [3.8, 4) is 16.9 Å². The number of rotatable bonds is 2. The van der Waals surface area contributed by atoms with Crippen molar-refractivity contribution in [3.05, 3.63) is 125 Å². The molecule has 2 aliphatic carbocycles. The summed E-state index contributed by atoms with van der Waals surface area (Å²) in [4.78, 5) is 3.21. The number of hydrogen-bond acceptors (Lipinski definition) is 2. The zero-order chi connectivity index (χ0) is 37.1. The first-order chi connectivity index (χ1) is 23.1. The summed E-state index contributed by atoms with van der Waals surface area (Å²) in [5, 5.41) is 16.1. The summed E-state index contributed by atoms with van der Waals surface area (Å²) in [7, 11) is -1.06. The van der Waals surface area contributed by atoms with E-state index in [1.807, 2.05) is 43.8 Å². The Bertz CT molecular complexity index is 1920. The third-order valence-corrected chi connectivity index (χ3v) is 17.9. The molecular weight excluding hydrogens is 743 g/mol. The van der Waals surface area contributed by atoms with Crippen LogP contribution in [0.4, 0.5) is 0 Å². The molecule has 50 heavy (non-hydrogen) atoms. The molecule has 1 fully saturated rings. The van der Waals surface area contributed by atoms with Crippen LogP contribution < -0.4 is 5.11 Å². The fraction of sp³-hybridized carbons (Fsp3) is 0.422. The van der Waals surface area contributed by atoms with E-state index in [-0.39, 0.29) is 22.0 Å². The van der Waals surface area contributed by atoms with Gasteiger partial charge in [-0.15, -0.1) is 5.75 Å². The van der Waals surface area contributed by atoms with E-state index in [4.69, 9.17) is 11.6 Å². The van der Waals surface area contributed by atoms with E-state index in [1.165, 1.54) is 27.8 Å². The Hall–Kier alpha value is -1.84. The van der Waals surface area contributed by atoms with E-state index >= 15 is 0 Å². The summed E-state index contributed by atoms with van der Waals surface area (Å²) in [5.74, 6) is 0.821. The molecule has 5 heteroatoms. The molecule has 0 aromatic heterocycles. The first kappa shape index (κ1) is 39.4. The van der Waals surface area contributed by atoms with Crippen molar-refractivity contribution >= 4 is 37.5 Å². The normalized spacial score (nSPS) is 20.0. The molecule has 0 N–H and O–H groups in total. The van der Waals surface area contributed by atoms with Crippen molar-refractivity contribution < 1.29 is 29.8 Å². The molecule has 7 rings (SSSR count). The van der Waals surface area contributed by atoms with Gasteiger partial charge < -0.3 is 5.11 Å². The van der Waals surface area contributed by atoms with Gasteiger partial charge in [-0.05, 0) is 38.7 Å². The topological polar surface area (TPSA) is 23.1 Å². The Labute approximate surface area is 328 Å². The Balaban J connectivity index is 0.000000153. The van der Waals surface area contributed by atoms with Crippen LogP contribution >= 0.6 is 23.4 Å². The molecule has 1 nitrogen and oxygen atoms in total. The number of hydrogen-bond donors (Lipinski definition) is 0. The fourth-order valence-electron chi connectivity index (χ4n) is 7.80. The van der Waals surface area contributed by atoms with Gasteiger partial charge in [-0.2, -0.15) is 0 Å². The molecule has 2 unspecified atom stereocenters. The van der Waals surface area contributed by atoms with E-state index in [9.17, 15) is 5.11 Å². The number of fused-ring (bicyclic) bond motifs is 1. The number of thioether (sulfide) groups is 1. The van der Waals surface area contributed by atoms with Crippen LogP contribution in [-0.2, 0) is 41.0 Å². The van der Waals surface area contributed by atoms with E-state index in [1.54, 1.807) is 51.4 Å². The maximum absolute atomic E-state index is 11.9. The summed E-state index contributed by atoms with van der Waals surface area (Å²) in [6.45, 7) is 28.7. The SMILES string of the molecule is CC(C)(C)c1ccc([O-])c(C(C)(C)C)c1Cl.CC1=C2C3C(=CC=C3[Si]2(C)C)S1.CCC1=Cc2c(-c3ccc(C(C)(C)C)cc3)cccc2[CH]1[Zr+]. The molecule has 2 aliphatic heterocycles. The van der Waals surface area contributed by atoms with Crippen LogP contribution in [0.15, 0.2) is 92.5 Å². The molecule has 1 saturated heterocycles. The molecule has 2 atom stereocenters. The van der Waals surface area contributed by atoms with E-state index in [0.717, 1.165) is 23.5 Å². The van der Waals surface area contributed by atoms with Gasteiger partial charge in [0.1, 0.15) is 8.07 Å². The van der Waals surface area contributed by atoms with Gasteiger partial charge in [-0.25, -0.2) is 0 Å². The molecular formula is C45H55ClOSSiZr. The molecule has 0 saturated carbocycles. The summed E-state index contributed by atoms with van der Waals surface area (Å²) in [5.41, 5.74) is 10.4. The zero-order valence-corrected chi connectivity index (χ0v) is 37.5. The van der Waals surface area contributed by atoms with Crippen LogP contribution in [0, 0.1) is 5.92 Å². The minimum absolute atomic E-state index is 0.0329. The average molecular weight is 799 g/mol. The van der Waals surface area contributed by atoms with Gasteiger partial charge in [-0.3, -0.25) is 0 Å². The third kappa shape index (κ3) is 7.48. The van der Waals surface area contributed by atoms with Gasteiger partial charge in [0.25, 0.3) is 0 Å². The van der Waals surface area contributed by atoms with Gasteiger partial charge in [0, 0.05) is 10.9 Å². The Kier molecular flexibility index (Phi) is 11.2. The number of allylic oxidation sites excluding steroid dienone is 7. The predicted molar refractivity (Wildman–Crippen MR) is 217 cm³/mol. The standard InChI is InChI=1S/C21H23.C14H21ClO.C10H12SSi.Zr/c1-5-15-13-17-7-6-8-19(20(17)14-15)16-9-11-18(12-10-16)21(2,3)4;1-13(2,3)9-7-8-10(16)11(12(9)15)14(4,5)6;1-6-10-9-7(11-6)4-5-8(9)12(10,2)3;/h6-14H,5H2,1-4H3;7-8,16H,1-6H3;4-5,9H,1-3H3;/q;;;+1/p-1. The van der Waals surface area contributed by atoms with Crippen LogP contribution in [0.5, 0.6) is 5.75 Å². The van der Waals surface area contributed by atoms with Crippen molar-refractivity contribution in [1.82, 2.24) is 0 Å². The Morgan fingerprint density at radius 2 is 1.48 bits per heavy atom. The second kappa shape index (κ2) is 14.2. The van der Waals surface area contributed by atoms with Crippen molar-refractivity contribution in [2.45, 2.75) is 116 Å². The average Bonchev–Trinajstić information content (AvgIpc) is 3.64. The molecule has 3 aromatic carbocycles. The molecule has 2 heterocycles. The number of benzene rings is 3. The Morgan fingerprint density at radius 3 is 2.04 bits per heavy atom. The van der Waals surface area contributed by atoms with Crippen molar-refractivity contribution in [1.29, 1.82) is 0 Å². The minimum atomic E-state index is -1.06. The second-order valence-electron chi connectivity index (χ2n) is 17.8. The summed E-state index contributed by atoms with van der Waals surface area (Å²) in [6, 6.07) is 19.4. The first-order valence-electron chi connectivity index (χ1n) is 18.1. The third-order valence-electron chi connectivity index (χ3n) is 10.6. The van der Waals surface area contributed by atoms with Crippen LogP contribution in [0.25, 0.3) is 17.2 Å². The van der Waals surface area contributed by atoms with Crippen molar-refractivity contribution in [2.75, 3.05) is 0 Å². The van der Waals surface area contributed by atoms with E-state index < -0.39 is 8.07 Å². The summed E-state index contributed by atoms with van der Waals surface area (Å²) < 4.78 is 0.654. The van der Waals surface area contributed by atoms with E-state index in [0.29, 0.717) is 8.65 Å².